The van der Waals surface area contributed by atoms with Crippen LogP contribution in [0.2, 0.25) is 0 Å². The molecule has 1 atom stereocenters. The molecule has 1 aromatic heterocycles. The van der Waals surface area contributed by atoms with E-state index >= 15 is 0 Å². The predicted molar refractivity (Wildman–Crippen MR) is 121 cm³/mol. The van der Waals surface area contributed by atoms with Gasteiger partial charge in [0.1, 0.15) is 10.7 Å². The van der Waals surface area contributed by atoms with Gasteiger partial charge in [-0.25, -0.2) is 9.18 Å². The van der Waals surface area contributed by atoms with Gasteiger partial charge < -0.3 is 20.5 Å². The highest BCUT2D eigenvalue weighted by Gasteiger charge is 2.38. The Morgan fingerprint density at radius 3 is 2.67 bits per heavy atom. The summed E-state index contributed by atoms with van der Waals surface area (Å²) in [6.45, 7) is 4.14. The topological polar surface area (TPSA) is 134 Å². The van der Waals surface area contributed by atoms with Crippen LogP contribution in [0.3, 0.4) is 0 Å². The first-order valence-corrected chi connectivity index (χ1v) is 11.3. The molecule has 1 fully saturated rings. The number of benzene rings is 1. The minimum absolute atomic E-state index is 0.0687. The van der Waals surface area contributed by atoms with E-state index < -0.39 is 23.2 Å². The summed E-state index contributed by atoms with van der Waals surface area (Å²) in [7, 11) is 0. The molecule has 176 valence electrons. The lowest BCUT2D eigenvalue weighted by molar-refractivity contribution is -0.144. The maximum absolute atomic E-state index is 14.2. The average molecular weight is 476 g/mol. The van der Waals surface area contributed by atoms with E-state index in [1.807, 2.05) is 0 Å². The first-order valence-electron chi connectivity index (χ1n) is 10.5. The molecule has 0 spiro atoms. The van der Waals surface area contributed by atoms with E-state index in [9.17, 15) is 18.8 Å². The lowest BCUT2D eigenvalue weighted by Gasteiger charge is -2.32. The number of hydrogen-bond acceptors (Lipinski definition) is 6. The Kier molecular flexibility index (Phi) is 7.16. The zero-order chi connectivity index (χ0) is 24.3. The highest BCUT2D eigenvalue weighted by Crippen LogP contribution is 2.32. The van der Waals surface area contributed by atoms with Crippen molar-refractivity contribution in [1.82, 2.24) is 4.90 Å². The summed E-state index contributed by atoms with van der Waals surface area (Å²) in [4.78, 5) is 39.4. The number of nitrogens with zero attached hydrogens (tertiary/aromatic N) is 1. The maximum atomic E-state index is 14.2. The van der Waals surface area contributed by atoms with Crippen LogP contribution in [0.15, 0.2) is 30.3 Å². The molecule has 1 aliphatic heterocycles. The van der Waals surface area contributed by atoms with Gasteiger partial charge in [0.2, 0.25) is 5.91 Å². The minimum Gasteiger partial charge on any atom is -0.481 e. The highest BCUT2D eigenvalue weighted by atomic mass is 32.1. The zero-order valence-electron chi connectivity index (χ0n) is 18.4. The Balaban J connectivity index is 1.67. The van der Waals surface area contributed by atoms with Gasteiger partial charge in [0, 0.05) is 28.4 Å². The van der Waals surface area contributed by atoms with Crippen molar-refractivity contribution in [3.05, 3.63) is 51.5 Å². The second kappa shape index (κ2) is 9.70. The number of nitrogens with one attached hydrogen (secondary N) is 1. The van der Waals surface area contributed by atoms with Gasteiger partial charge in [0.25, 0.3) is 0 Å². The van der Waals surface area contributed by atoms with Gasteiger partial charge in [-0.3, -0.25) is 15.0 Å². The molecule has 0 unspecified atom stereocenters. The van der Waals surface area contributed by atoms with Crippen LogP contribution in [-0.4, -0.2) is 46.3 Å². The molecule has 0 aliphatic carbocycles. The van der Waals surface area contributed by atoms with Gasteiger partial charge in [-0.1, -0.05) is 13.8 Å². The van der Waals surface area contributed by atoms with E-state index in [2.05, 4.69) is 0 Å². The first kappa shape index (κ1) is 24.4. The second-order valence-corrected chi connectivity index (χ2v) is 9.84. The molecule has 0 saturated carbocycles. The Morgan fingerprint density at radius 2 is 2.03 bits per heavy atom. The number of amidine groups is 1. The van der Waals surface area contributed by atoms with Gasteiger partial charge in [-0.15, -0.1) is 11.3 Å². The van der Waals surface area contributed by atoms with Crippen molar-refractivity contribution in [2.45, 2.75) is 45.6 Å². The van der Waals surface area contributed by atoms with Crippen LogP contribution in [0.25, 0.3) is 0 Å². The molecule has 8 nitrogen and oxygen atoms in total. The smallest absolute Gasteiger partial charge is 0.353 e. The summed E-state index contributed by atoms with van der Waals surface area (Å²) < 4.78 is 19.3. The summed E-state index contributed by atoms with van der Waals surface area (Å²) >= 11 is 1.16. The van der Waals surface area contributed by atoms with Gasteiger partial charge in [-0.05, 0) is 49.6 Å². The number of hydrogen-bond donors (Lipinski definition) is 3. The number of amides is 1. The molecule has 2 heterocycles. The molecule has 1 aliphatic rings. The molecule has 2 aromatic rings. The summed E-state index contributed by atoms with van der Waals surface area (Å²) in [5.41, 5.74) is 4.72. The number of carboxylic acid groups (broad SMARTS) is 1. The molecule has 1 saturated heterocycles. The van der Waals surface area contributed by atoms with Crippen molar-refractivity contribution in [2.24, 2.45) is 11.1 Å². The number of nitrogen functional groups attached to an aromatic ring is 1. The number of likely N-dealkylation sites (tertiary alicyclic amines) is 1. The Hall–Kier alpha value is -3.27. The van der Waals surface area contributed by atoms with Gasteiger partial charge >= 0.3 is 11.9 Å². The van der Waals surface area contributed by atoms with Crippen molar-refractivity contribution in [1.29, 1.82) is 5.41 Å². The third-order valence-corrected chi connectivity index (χ3v) is 6.62. The number of carboxylic acids is 1. The van der Waals surface area contributed by atoms with E-state index in [0.29, 0.717) is 19.4 Å². The molecule has 1 aromatic carbocycles. The van der Waals surface area contributed by atoms with Crippen molar-refractivity contribution in [3.8, 4) is 5.75 Å². The Morgan fingerprint density at radius 1 is 1.30 bits per heavy atom. The molecule has 1 amide bonds. The molecule has 10 heteroatoms. The van der Waals surface area contributed by atoms with Crippen molar-refractivity contribution in [3.63, 3.8) is 0 Å². The minimum atomic E-state index is -0.925. The van der Waals surface area contributed by atoms with Crippen molar-refractivity contribution < 1.29 is 28.6 Å². The average Bonchev–Trinajstić information content (AvgIpc) is 3.37. The second-order valence-electron chi connectivity index (χ2n) is 8.67. The standard InChI is InChI=1S/C23H26FN3O5S/c1-23(2,22(31)27-9-3-4-14(27)11-19(28)29)12-15-6-8-18(33-15)21(30)32-17-7-5-13(20(25)26)10-16(17)24/h5-8,10,14H,3-4,9,11-12H2,1-2H3,(H3,25,26)(H,28,29)/t14-/m0/s1. The lowest BCUT2D eigenvalue weighted by atomic mass is 9.86. The summed E-state index contributed by atoms with van der Waals surface area (Å²) in [6.07, 6.45) is 1.74. The van der Waals surface area contributed by atoms with E-state index in [1.54, 1.807) is 30.9 Å². The van der Waals surface area contributed by atoms with Crippen LogP contribution in [0.1, 0.15) is 53.2 Å². The predicted octanol–water partition coefficient (Wildman–Crippen LogP) is 3.42. The lowest BCUT2D eigenvalue weighted by Crippen LogP contribution is -2.45. The van der Waals surface area contributed by atoms with E-state index in [-0.39, 0.29) is 40.4 Å². The SMILES string of the molecule is CC(C)(Cc1ccc(C(=O)Oc2ccc(C(=N)N)cc2F)s1)C(=O)N1CCC[C@H]1CC(=O)O. The fraction of sp³-hybridized carbons (Fsp3) is 0.391. The molecule has 0 bridgehead atoms. The third kappa shape index (κ3) is 5.75. The molecular formula is C23H26FN3O5S. The number of esters is 1. The normalized spacial score (nSPS) is 16.0. The van der Waals surface area contributed by atoms with Gasteiger partial charge in [-0.2, -0.15) is 0 Å². The van der Waals surface area contributed by atoms with Crippen LogP contribution in [0.5, 0.6) is 5.75 Å². The Labute approximate surface area is 194 Å². The maximum Gasteiger partial charge on any atom is 0.353 e. The molecule has 4 N–H and O–H groups in total. The third-order valence-electron chi connectivity index (χ3n) is 5.55. The molecular weight excluding hydrogens is 449 g/mol. The largest absolute Gasteiger partial charge is 0.481 e. The van der Waals surface area contributed by atoms with Crippen molar-refractivity contribution >= 4 is 35.0 Å². The summed E-state index contributed by atoms with van der Waals surface area (Å²) in [6, 6.07) is 6.64. The first-order chi connectivity index (χ1) is 15.5. The van der Waals surface area contributed by atoms with Crippen molar-refractivity contribution in [2.75, 3.05) is 6.54 Å². The summed E-state index contributed by atoms with van der Waals surface area (Å²) in [5.74, 6) is -3.14. The number of halogens is 1. The number of nitrogens with two attached hydrogens (primary N) is 1. The fourth-order valence-corrected chi connectivity index (χ4v) is 5.01. The number of thiophene rings is 1. The molecule has 0 radical (unpaired) electrons. The number of carbonyl (C=O) groups excluding carboxylic acids is 2. The van der Waals surface area contributed by atoms with Crippen LogP contribution >= 0.6 is 11.3 Å². The number of aliphatic carboxylic acids is 1. The molecule has 3 rings (SSSR count). The zero-order valence-corrected chi connectivity index (χ0v) is 19.2. The van der Waals surface area contributed by atoms with Crippen LogP contribution in [0.4, 0.5) is 4.39 Å². The van der Waals surface area contributed by atoms with Gasteiger partial charge in [0.05, 0.1) is 6.42 Å². The van der Waals surface area contributed by atoms with Crippen LogP contribution < -0.4 is 10.5 Å². The van der Waals surface area contributed by atoms with E-state index in [4.69, 9.17) is 21.0 Å². The quantitative estimate of drug-likeness (QED) is 0.232. The Bertz CT molecular complexity index is 1100. The van der Waals surface area contributed by atoms with Crippen LogP contribution in [-0.2, 0) is 16.0 Å². The summed E-state index contributed by atoms with van der Waals surface area (Å²) in [5, 5.41) is 16.4. The van der Waals surface area contributed by atoms with Crippen LogP contribution in [0, 0.1) is 16.6 Å². The molecule has 33 heavy (non-hydrogen) atoms. The fourth-order valence-electron chi connectivity index (χ4n) is 3.90. The van der Waals surface area contributed by atoms with E-state index in [1.165, 1.54) is 12.1 Å². The highest BCUT2D eigenvalue weighted by molar-refractivity contribution is 7.14. The van der Waals surface area contributed by atoms with E-state index in [0.717, 1.165) is 28.7 Å². The number of ether oxygens (including phenoxy) is 1. The number of rotatable bonds is 8. The monoisotopic (exact) mass is 475 g/mol. The number of carbonyl (C=O) groups is 3. The van der Waals surface area contributed by atoms with Gasteiger partial charge in [0.15, 0.2) is 11.6 Å².